The number of anilines is 1. The minimum atomic E-state index is -1.15. The van der Waals surface area contributed by atoms with Crippen LogP contribution in [0.1, 0.15) is 10.6 Å². The first kappa shape index (κ1) is 19.4. The highest BCUT2D eigenvalue weighted by atomic mass is 35.5. The lowest BCUT2D eigenvalue weighted by Gasteiger charge is -2.38. The lowest BCUT2D eigenvalue weighted by Crippen LogP contribution is -2.55. The van der Waals surface area contributed by atoms with E-state index in [0.29, 0.717) is 11.9 Å². The second kappa shape index (κ2) is 8.93. The van der Waals surface area contributed by atoms with Crippen molar-refractivity contribution in [3.8, 4) is 5.82 Å². The molecule has 0 radical (unpaired) electrons. The fourth-order valence-electron chi connectivity index (χ4n) is 2.35. The minimum absolute atomic E-state index is 0. The predicted molar refractivity (Wildman–Crippen MR) is 100.0 cm³/mol. The molecule has 1 saturated heterocycles. The zero-order valence-corrected chi connectivity index (χ0v) is 14.7. The van der Waals surface area contributed by atoms with Gasteiger partial charge in [-0.3, -0.25) is 4.57 Å². The van der Waals surface area contributed by atoms with Crippen LogP contribution in [0.4, 0.5) is 5.69 Å². The number of aromatic carboxylic acids is 1. The minimum Gasteiger partial charge on any atom is -0.475 e. The highest BCUT2D eigenvalue weighted by Gasteiger charge is 2.22. The molecule has 2 aromatic heterocycles. The number of carbonyl (C=O) groups is 1. The van der Waals surface area contributed by atoms with Gasteiger partial charge in [0.15, 0.2) is 0 Å². The molecule has 4 rings (SSSR count). The molecule has 0 saturated carbocycles. The molecule has 26 heavy (non-hydrogen) atoms. The van der Waals surface area contributed by atoms with E-state index in [-0.39, 0.29) is 18.2 Å². The first-order chi connectivity index (χ1) is 12.1. The van der Waals surface area contributed by atoms with Crippen molar-refractivity contribution in [2.24, 2.45) is 5.73 Å². The molecule has 9 heteroatoms. The number of carboxylic acids is 1. The molecule has 1 aliphatic heterocycles. The smallest absolute Gasteiger partial charge is 0.374 e. The third-order valence-corrected chi connectivity index (χ3v) is 3.63. The van der Waals surface area contributed by atoms with Gasteiger partial charge in [-0.25, -0.2) is 19.7 Å². The number of imidazole rings is 1. The van der Waals surface area contributed by atoms with Gasteiger partial charge in [0.25, 0.3) is 0 Å². The predicted octanol–water partition coefficient (Wildman–Crippen LogP) is 1.62. The number of benzene rings is 1. The van der Waals surface area contributed by atoms with Crippen LogP contribution < -0.4 is 10.6 Å². The number of hydrogen-bond donors (Lipinski definition) is 2. The summed E-state index contributed by atoms with van der Waals surface area (Å²) in [6.45, 7) is 2.01. The van der Waals surface area contributed by atoms with Crippen LogP contribution >= 0.6 is 12.4 Å². The molecule has 8 nitrogen and oxygen atoms in total. The highest BCUT2D eigenvalue weighted by Crippen LogP contribution is 2.18. The van der Waals surface area contributed by atoms with Crippen molar-refractivity contribution in [3.05, 3.63) is 67.1 Å². The van der Waals surface area contributed by atoms with E-state index in [1.807, 2.05) is 6.07 Å². The van der Waals surface area contributed by atoms with Crippen LogP contribution in [-0.4, -0.2) is 49.7 Å². The Bertz CT molecular complexity index is 822. The molecule has 0 amide bonds. The van der Waals surface area contributed by atoms with E-state index in [9.17, 15) is 4.79 Å². The van der Waals surface area contributed by atoms with E-state index >= 15 is 0 Å². The van der Waals surface area contributed by atoms with E-state index in [1.165, 1.54) is 18.2 Å². The van der Waals surface area contributed by atoms with Crippen LogP contribution in [0.2, 0.25) is 0 Å². The molecule has 0 aliphatic carbocycles. The Morgan fingerprint density at radius 1 is 1.15 bits per heavy atom. The summed E-state index contributed by atoms with van der Waals surface area (Å²) in [6.07, 6.45) is 6.19. The van der Waals surface area contributed by atoms with Gasteiger partial charge in [0, 0.05) is 43.4 Å². The van der Waals surface area contributed by atoms with Gasteiger partial charge < -0.3 is 15.7 Å². The molecule has 0 bridgehead atoms. The maximum Gasteiger partial charge on any atom is 0.374 e. The maximum absolute atomic E-state index is 10.6. The summed E-state index contributed by atoms with van der Waals surface area (Å²) in [5, 5.41) is 8.66. The van der Waals surface area contributed by atoms with Crippen molar-refractivity contribution in [2.45, 2.75) is 6.04 Å². The Kier molecular flexibility index (Phi) is 6.65. The van der Waals surface area contributed by atoms with Crippen molar-refractivity contribution in [2.75, 3.05) is 18.0 Å². The average molecular weight is 375 g/mol. The quantitative estimate of drug-likeness (QED) is 0.716. The lowest BCUT2D eigenvalue weighted by molar-refractivity contribution is 0.0683. The first-order valence-electron chi connectivity index (χ1n) is 7.74. The normalized spacial score (nSPS) is 13.0. The monoisotopic (exact) mass is 374 g/mol. The molecular weight excluding hydrogens is 356 g/mol. The summed E-state index contributed by atoms with van der Waals surface area (Å²) >= 11 is 0. The van der Waals surface area contributed by atoms with E-state index in [1.54, 1.807) is 23.0 Å². The van der Waals surface area contributed by atoms with Gasteiger partial charge in [-0.2, -0.15) is 0 Å². The third-order valence-electron chi connectivity index (χ3n) is 3.63. The zero-order chi connectivity index (χ0) is 17.6. The van der Waals surface area contributed by atoms with Gasteiger partial charge >= 0.3 is 5.97 Å². The number of rotatable bonds is 3. The van der Waals surface area contributed by atoms with E-state index in [2.05, 4.69) is 44.1 Å². The second-order valence-corrected chi connectivity index (χ2v) is 5.51. The highest BCUT2D eigenvalue weighted by molar-refractivity contribution is 5.85. The fraction of sp³-hybridized carbons (Fsp3) is 0.176. The number of hydrogen-bond acceptors (Lipinski definition) is 6. The van der Waals surface area contributed by atoms with Gasteiger partial charge in [0.05, 0.1) is 0 Å². The SMILES string of the molecule is Cl.NC1CN(c2ccccc2)C1.O=C(O)c1nccc(-n2ccnc2)n1. The Balaban J connectivity index is 0.000000184. The van der Waals surface area contributed by atoms with Crippen molar-refractivity contribution < 1.29 is 9.90 Å². The Morgan fingerprint density at radius 2 is 1.88 bits per heavy atom. The number of aromatic nitrogens is 4. The van der Waals surface area contributed by atoms with Crippen LogP contribution in [0.5, 0.6) is 0 Å². The number of halogens is 1. The van der Waals surface area contributed by atoms with Crippen LogP contribution in [0.25, 0.3) is 5.82 Å². The molecule has 3 aromatic rings. The number of nitrogens with zero attached hydrogens (tertiary/aromatic N) is 5. The maximum atomic E-state index is 10.6. The van der Waals surface area contributed by atoms with E-state index < -0.39 is 5.97 Å². The standard InChI is InChI=1S/C9H12N2.C8H6N4O2.ClH/c10-8-6-11(7-8)9-4-2-1-3-5-9;13-8(14)7-10-2-1-6(11-7)12-4-3-9-5-12;/h1-5,8H,6-7,10H2;1-5H,(H,13,14);1H. The fourth-order valence-corrected chi connectivity index (χ4v) is 2.35. The molecule has 1 fully saturated rings. The van der Waals surface area contributed by atoms with Crippen molar-refractivity contribution in [3.63, 3.8) is 0 Å². The van der Waals surface area contributed by atoms with Crippen molar-refractivity contribution >= 4 is 24.1 Å². The number of para-hydroxylation sites is 1. The van der Waals surface area contributed by atoms with Gasteiger partial charge in [-0.1, -0.05) is 18.2 Å². The molecule has 0 atom stereocenters. The largest absolute Gasteiger partial charge is 0.475 e. The average Bonchev–Trinajstić information content (AvgIpc) is 3.15. The van der Waals surface area contributed by atoms with Crippen LogP contribution in [0, 0.1) is 0 Å². The lowest BCUT2D eigenvalue weighted by atomic mass is 10.1. The van der Waals surface area contributed by atoms with Gasteiger partial charge in [0.1, 0.15) is 12.1 Å². The summed E-state index contributed by atoms with van der Waals surface area (Å²) in [5.74, 6) is -0.891. The summed E-state index contributed by atoms with van der Waals surface area (Å²) in [7, 11) is 0. The number of nitrogens with two attached hydrogens (primary N) is 1. The zero-order valence-electron chi connectivity index (χ0n) is 13.8. The Hall–Kier alpha value is -2.97. The van der Waals surface area contributed by atoms with Crippen LogP contribution in [0.15, 0.2) is 61.3 Å². The molecule has 1 aromatic carbocycles. The van der Waals surface area contributed by atoms with Crippen molar-refractivity contribution in [1.82, 2.24) is 19.5 Å². The number of carboxylic acid groups (broad SMARTS) is 1. The van der Waals surface area contributed by atoms with Gasteiger partial charge in [-0.15, -0.1) is 12.4 Å². The molecular formula is C17H19ClN6O2. The molecule has 1 aliphatic rings. The third kappa shape index (κ3) is 4.78. The van der Waals surface area contributed by atoms with Crippen LogP contribution in [-0.2, 0) is 0 Å². The Labute approximate surface area is 156 Å². The molecule has 3 N–H and O–H groups in total. The molecule has 0 unspecified atom stereocenters. The summed E-state index contributed by atoms with van der Waals surface area (Å²) < 4.78 is 1.61. The Morgan fingerprint density at radius 3 is 2.46 bits per heavy atom. The summed E-state index contributed by atoms with van der Waals surface area (Å²) in [5.41, 5.74) is 6.95. The summed E-state index contributed by atoms with van der Waals surface area (Å²) in [4.78, 5) is 24.1. The topological polar surface area (TPSA) is 110 Å². The van der Waals surface area contributed by atoms with Gasteiger partial charge in [-0.05, 0) is 18.2 Å². The second-order valence-electron chi connectivity index (χ2n) is 5.51. The van der Waals surface area contributed by atoms with E-state index in [4.69, 9.17) is 10.8 Å². The van der Waals surface area contributed by atoms with E-state index in [0.717, 1.165) is 13.1 Å². The molecule has 0 spiro atoms. The first-order valence-corrected chi connectivity index (χ1v) is 7.74. The molecule has 3 heterocycles. The van der Waals surface area contributed by atoms with Crippen molar-refractivity contribution in [1.29, 1.82) is 0 Å². The summed E-state index contributed by atoms with van der Waals surface area (Å²) in [6, 6.07) is 12.4. The molecule has 136 valence electrons. The van der Waals surface area contributed by atoms with Crippen LogP contribution in [0.3, 0.4) is 0 Å². The van der Waals surface area contributed by atoms with Gasteiger partial charge in [0.2, 0.25) is 5.82 Å².